The molecule has 23 heavy (non-hydrogen) atoms. The van der Waals surface area contributed by atoms with Crippen LogP contribution in [0.2, 0.25) is 0 Å². The van der Waals surface area contributed by atoms with E-state index in [0.29, 0.717) is 6.42 Å². The van der Waals surface area contributed by atoms with E-state index in [1.807, 2.05) is 30.3 Å². The molecule has 0 aliphatic heterocycles. The van der Waals surface area contributed by atoms with E-state index in [0.717, 1.165) is 5.56 Å². The molecule has 2 rings (SSSR count). The van der Waals surface area contributed by atoms with Crippen LogP contribution < -0.4 is 10.5 Å². The molecule has 2 N–H and O–H groups in total. The van der Waals surface area contributed by atoms with Gasteiger partial charge in [0.1, 0.15) is 5.60 Å². The van der Waals surface area contributed by atoms with Crippen LogP contribution in [-0.2, 0) is 13.0 Å². The number of hydrogen-bond acceptors (Lipinski definition) is 2. The molecule has 0 bridgehead atoms. The lowest BCUT2D eigenvalue weighted by atomic mass is 9.98. The van der Waals surface area contributed by atoms with Crippen LogP contribution in [0.4, 0.5) is 17.6 Å². The van der Waals surface area contributed by atoms with E-state index in [-0.39, 0.29) is 0 Å². The zero-order valence-corrected chi connectivity index (χ0v) is 12.8. The highest BCUT2D eigenvalue weighted by Gasteiger charge is 2.30. The Bertz CT molecular complexity index is 702. The molecule has 0 spiro atoms. The van der Waals surface area contributed by atoms with Crippen molar-refractivity contribution in [2.45, 2.75) is 32.4 Å². The molecule has 2 aromatic carbocycles. The Labute approximate surface area is 131 Å². The van der Waals surface area contributed by atoms with Crippen molar-refractivity contribution < 1.29 is 22.3 Å². The van der Waals surface area contributed by atoms with Gasteiger partial charge in [0.15, 0.2) is 17.4 Å². The van der Waals surface area contributed by atoms with Crippen molar-refractivity contribution in [2.24, 2.45) is 5.73 Å². The van der Waals surface area contributed by atoms with E-state index in [1.54, 1.807) is 13.8 Å². The molecule has 0 unspecified atom stereocenters. The minimum absolute atomic E-state index is 0.359. The van der Waals surface area contributed by atoms with E-state index in [9.17, 15) is 17.6 Å². The summed E-state index contributed by atoms with van der Waals surface area (Å²) in [6.45, 7) is 2.76. The first-order chi connectivity index (χ1) is 10.8. The Balaban J connectivity index is 2.39. The average Bonchev–Trinajstić information content (AvgIpc) is 2.51. The SMILES string of the molecule is CC(C)(Cc1ccccc1)Oc1c(F)c(F)c(F)c(F)c1CN. The second kappa shape index (κ2) is 6.58. The van der Waals surface area contributed by atoms with Gasteiger partial charge in [-0.2, -0.15) is 4.39 Å². The highest BCUT2D eigenvalue weighted by molar-refractivity contribution is 5.38. The van der Waals surface area contributed by atoms with Crippen molar-refractivity contribution >= 4 is 0 Å². The maximum Gasteiger partial charge on any atom is 0.204 e. The zero-order chi connectivity index (χ0) is 17.2. The average molecular weight is 327 g/mol. The fraction of sp³-hybridized carbons (Fsp3) is 0.294. The molecule has 0 amide bonds. The number of hydrogen-bond donors (Lipinski definition) is 1. The number of nitrogens with two attached hydrogens (primary N) is 1. The predicted octanol–water partition coefficient (Wildman–Crippen LogP) is 4.10. The quantitative estimate of drug-likeness (QED) is 0.510. The van der Waals surface area contributed by atoms with Crippen LogP contribution in [0, 0.1) is 23.3 Å². The van der Waals surface area contributed by atoms with Gasteiger partial charge in [-0.15, -0.1) is 0 Å². The fourth-order valence-corrected chi connectivity index (χ4v) is 2.35. The van der Waals surface area contributed by atoms with E-state index < -0.39 is 46.7 Å². The molecule has 0 aliphatic carbocycles. The van der Waals surface area contributed by atoms with Crippen molar-refractivity contribution in [2.75, 3.05) is 0 Å². The van der Waals surface area contributed by atoms with Crippen LogP contribution >= 0.6 is 0 Å². The molecule has 0 aliphatic rings. The summed E-state index contributed by atoms with van der Waals surface area (Å²) in [5.41, 5.74) is 4.72. The van der Waals surface area contributed by atoms with E-state index >= 15 is 0 Å². The summed E-state index contributed by atoms with van der Waals surface area (Å²) < 4.78 is 60.0. The maximum absolute atomic E-state index is 14.0. The molecule has 0 aromatic heterocycles. The van der Waals surface area contributed by atoms with E-state index in [2.05, 4.69) is 0 Å². The smallest absolute Gasteiger partial charge is 0.204 e. The lowest BCUT2D eigenvalue weighted by molar-refractivity contribution is 0.0997. The predicted molar refractivity (Wildman–Crippen MR) is 79.0 cm³/mol. The van der Waals surface area contributed by atoms with E-state index in [4.69, 9.17) is 10.5 Å². The molecule has 0 atom stereocenters. The van der Waals surface area contributed by atoms with Gasteiger partial charge >= 0.3 is 0 Å². The van der Waals surface area contributed by atoms with Crippen molar-refractivity contribution in [1.82, 2.24) is 0 Å². The Kier molecular flexibility index (Phi) is 4.94. The molecule has 2 aromatic rings. The first-order valence-corrected chi connectivity index (χ1v) is 7.04. The van der Waals surface area contributed by atoms with Gasteiger partial charge in [-0.25, -0.2) is 13.2 Å². The third-order valence-electron chi connectivity index (χ3n) is 3.37. The monoisotopic (exact) mass is 327 g/mol. The van der Waals surface area contributed by atoms with Gasteiger partial charge in [0.2, 0.25) is 11.6 Å². The molecule has 6 heteroatoms. The first-order valence-electron chi connectivity index (χ1n) is 7.04. The van der Waals surface area contributed by atoms with Crippen LogP contribution in [0.25, 0.3) is 0 Å². The van der Waals surface area contributed by atoms with Gasteiger partial charge < -0.3 is 10.5 Å². The Morgan fingerprint density at radius 1 is 0.913 bits per heavy atom. The summed E-state index contributed by atoms with van der Waals surface area (Å²) >= 11 is 0. The van der Waals surface area contributed by atoms with Crippen molar-refractivity contribution in [3.8, 4) is 5.75 Å². The second-order valence-electron chi connectivity index (χ2n) is 5.79. The first kappa shape index (κ1) is 17.3. The largest absolute Gasteiger partial charge is 0.484 e. The van der Waals surface area contributed by atoms with Gasteiger partial charge in [0.25, 0.3) is 0 Å². The normalized spacial score (nSPS) is 11.6. The standard InChI is InChI=1S/C17H17F4NO/c1-17(2,8-10-6-4-3-5-7-10)23-16-11(9-22)12(18)13(19)14(20)15(16)21/h3-7H,8-9,22H2,1-2H3. The maximum atomic E-state index is 14.0. The van der Waals surface area contributed by atoms with Gasteiger partial charge in [0.05, 0.1) is 0 Å². The van der Waals surface area contributed by atoms with E-state index in [1.165, 1.54) is 0 Å². The zero-order valence-electron chi connectivity index (χ0n) is 12.8. The Morgan fingerprint density at radius 2 is 1.48 bits per heavy atom. The number of ether oxygens (including phenoxy) is 1. The highest BCUT2D eigenvalue weighted by Crippen LogP contribution is 2.33. The molecular formula is C17H17F4NO. The van der Waals surface area contributed by atoms with Crippen LogP contribution in [0.15, 0.2) is 30.3 Å². The van der Waals surface area contributed by atoms with Crippen LogP contribution in [0.5, 0.6) is 5.75 Å². The lowest BCUT2D eigenvalue weighted by Gasteiger charge is -2.28. The van der Waals surface area contributed by atoms with Crippen molar-refractivity contribution in [3.05, 3.63) is 64.7 Å². The second-order valence-corrected chi connectivity index (χ2v) is 5.79. The molecule has 0 saturated heterocycles. The summed E-state index contributed by atoms with van der Waals surface area (Å²) in [5, 5.41) is 0. The highest BCUT2D eigenvalue weighted by atomic mass is 19.2. The van der Waals surface area contributed by atoms with Gasteiger partial charge in [-0.3, -0.25) is 0 Å². The molecular weight excluding hydrogens is 310 g/mol. The van der Waals surface area contributed by atoms with Crippen molar-refractivity contribution in [1.29, 1.82) is 0 Å². The number of halogens is 4. The minimum Gasteiger partial charge on any atom is -0.484 e. The number of benzene rings is 2. The van der Waals surface area contributed by atoms with Crippen LogP contribution in [-0.4, -0.2) is 5.60 Å². The summed E-state index contributed by atoms with van der Waals surface area (Å²) in [6, 6.07) is 9.19. The Morgan fingerprint density at radius 3 is 2.04 bits per heavy atom. The third-order valence-corrected chi connectivity index (χ3v) is 3.37. The molecule has 2 nitrogen and oxygen atoms in total. The van der Waals surface area contributed by atoms with Gasteiger partial charge in [-0.05, 0) is 19.4 Å². The topological polar surface area (TPSA) is 35.2 Å². The third kappa shape index (κ3) is 3.64. The summed E-state index contributed by atoms with van der Waals surface area (Å²) in [4.78, 5) is 0. The minimum atomic E-state index is -1.91. The Hall–Kier alpha value is -2.08. The summed E-state index contributed by atoms with van der Waals surface area (Å²) in [6.07, 6.45) is 0.359. The lowest BCUT2D eigenvalue weighted by Crippen LogP contribution is -2.32. The molecule has 124 valence electrons. The van der Waals surface area contributed by atoms with Crippen molar-refractivity contribution in [3.63, 3.8) is 0 Å². The molecule has 0 radical (unpaired) electrons. The fourth-order valence-electron chi connectivity index (χ4n) is 2.35. The van der Waals surface area contributed by atoms with Crippen LogP contribution in [0.1, 0.15) is 25.0 Å². The van der Waals surface area contributed by atoms with Gasteiger partial charge in [-0.1, -0.05) is 30.3 Å². The molecule has 0 fully saturated rings. The number of rotatable bonds is 5. The molecule has 0 heterocycles. The van der Waals surface area contributed by atoms with Gasteiger partial charge in [0, 0.05) is 18.5 Å². The summed E-state index contributed by atoms with van der Waals surface area (Å²) in [5.74, 6) is -7.60. The van der Waals surface area contributed by atoms with Crippen LogP contribution in [0.3, 0.4) is 0 Å². The summed E-state index contributed by atoms with van der Waals surface area (Å²) in [7, 11) is 0. The molecule has 0 saturated carbocycles.